The lowest BCUT2D eigenvalue weighted by molar-refractivity contribution is 0.171. The van der Waals surface area contributed by atoms with Crippen LogP contribution in [0, 0.1) is 25.7 Å². The standard InChI is InChI=1S/C19H32N4O/c1-14(13-23-16(3)11-15(2)21-23)12-20-19(24)22-10-6-9-18(22)17-7-4-5-8-17/h11,14,17-18H,4-10,12-13H2,1-3H3,(H,20,24). The zero-order valence-electron chi connectivity index (χ0n) is 15.4. The summed E-state index contributed by atoms with van der Waals surface area (Å²) in [5.41, 5.74) is 2.24. The molecule has 1 aliphatic heterocycles. The van der Waals surface area contributed by atoms with Crippen LogP contribution in [0.4, 0.5) is 4.79 Å². The van der Waals surface area contributed by atoms with Crippen LogP contribution in [0.15, 0.2) is 6.07 Å². The fourth-order valence-electron chi connectivity index (χ4n) is 4.46. The normalized spacial score (nSPS) is 23.0. The number of urea groups is 1. The Balaban J connectivity index is 1.48. The van der Waals surface area contributed by atoms with Gasteiger partial charge in [0.2, 0.25) is 0 Å². The van der Waals surface area contributed by atoms with E-state index < -0.39 is 0 Å². The number of carbonyl (C=O) groups excluding carboxylic acids is 1. The predicted octanol–water partition coefficient (Wildman–Crippen LogP) is 3.50. The number of hydrogen-bond donors (Lipinski definition) is 1. The van der Waals surface area contributed by atoms with E-state index in [9.17, 15) is 4.79 Å². The first-order valence-electron chi connectivity index (χ1n) is 9.60. The van der Waals surface area contributed by atoms with E-state index in [-0.39, 0.29) is 6.03 Å². The van der Waals surface area contributed by atoms with Crippen molar-refractivity contribution >= 4 is 6.03 Å². The molecule has 2 fully saturated rings. The van der Waals surface area contributed by atoms with E-state index in [1.54, 1.807) is 0 Å². The lowest BCUT2D eigenvalue weighted by atomic mass is 9.96. The zero-order valence-corrected chi connectivity index (χ0v) is 15.4. The first-order valence-corrected chi connectivity index (χ1v) is 9.60. The third-order valence-electron chi connectivity index (χ3n) is 5.69. The second-order valence-corrected chi connectivity index (χ2v) is 7.85. The maximum Gasteiger partial charge on any atom is 0.317 e. The molecule has 2 atom stereocenters. The van der Waals surface area contributed by atoms with Crippen LogP contribution in [0.1, 0.15) is 56.8 Å². The van der Waals surface area contributed by atoms with Crippen LogP contribution >= 0.6 is 0 Å². The van der Waals surface area contributed by atoms with Crippen molar-refractivity contribution in [2.45, 2.75) is 71.9 Å². The van der Waals surface area contributed by atoms with Crippen molar-refractivity contribution in [1.82, 2.24) is 20.0 Å². The van der Waals surface area contributed by atoms with E-state index in [4.69, 9.17) is 0 Å². The highest BCUT2D eigenvalue weighted by molar-refractivity contribution is 5.74. The van der Waals surface area contributed by atoms with Crippen LogP contribution in [-0.2, 0) is 6.54 Å². The molecule has 0 aromatic carbocycles. The molecule has 1 aromatic rings. The Kier molecular flexibility index (Phi) is 5.47. The molecule has 2 aliphatic rings. The van der Waals surface area contributed by atoms with E-state index in [0.29, 0.717) is 18.5 Å². The fourth-order valence-corrected chi connectivity index (χ4v) is 4.46. The highest BCUT2D eigenvalue weighted by Crippen LogP contribution is 2.35. The molecule has 5 heteroatoms. The Morgan fingerprint density at radius 3 is 2.71 bits per heavy atom. The van der Waals surface area contributed by atoms with E-state index in [2.05, 4.69) is 35.2 Å². The lowest BCUT2D eigenvalue weighted by Gasteiger charge is -2.30. The van der Waals surface area contributed by atoms with Crippen LogP contribution in [0.2, 0.25) is 0 Å². The highest BCUT2D eigenvalue weighted by Gasteiger charge is 2.35. The first-order chi connectivity index (χ1) is 11.5. The van der Waals surface area contributed by atoms with Gasteiger partial charge in [0.25, 0.3) is 0 Å². The minimum absolute atomic E-state index is 0.143. The summed E-state index contributed by atoms with van der Waals surface area (Å²) in [6.45, 7) is 8.78. The second kappa shape index (κ2) is 7.58. The van der Waals surface area contributed by atoms with E-state index in [0.717, 1.165) is 31.1 Å². The molecule has 0 bridgehead atoms. The maximum atomic E-state index is 12.6. The summed E-state index contributed by atoms with van der Waals surface area (Å²) in [6, 6.07) is 2.73. The van der Waals surface area contributed by atoms with Gasteiger partial charge in [-0.15, -0.1) is 0 Å². The van der Waals surface area contributed by atoms with Crippen molar-refractivity contribution in [2.75, 3.05) is 13.1 Å². The van der Waals surface area contributed by atoms with Gasteiger partial charge in [0.15, 0.2) is 0 Å². The van der Waals surface area contributed by atoms with Crippen molar-refractivity contribution in [3.8, 4) is 0 Å². The molecule has 5 nitrogen and oxygen atoms in total. The summed E-state index contributed by atoms with van der Waals surface area (Å²) < 4.78 is 2.04. The lowest BCUT2D eigenvalue weighted by Crippen LogP contribution is -2.46. The number of carbonyl (C=O) groups is 1. The number of aromatic nitrogens is 2. The van der Waals surface area contributed by atoms with Crippen LogP contribution in [0.5, 0.6) is 0 Å². The van der Waals surface area contributed by atoms with Crippen molar-refractivity contribution in [1.29, 1.82) is 0 Å². The number of amides is 2. The quantitative estimate of drug-likeness (QED) is 0.897. The third-order valence-corrected chi connectivity index (χ3v) is 5.69. The summed E-state index contributed by atoms with van der Waals surface area (Å²) >= 11 is 0. The van der Waals surface area contributed by atoms with E-state index in [1.165, 1.54) is 37.8 Å². The van der Waals surface area contributed by atoms with Gasteiger partial charge in [-0.3, -0.25) is 4.68 Å². The van der Waals surface area contributed by atoms with Gasteiger partial charge in [0.05, 0.1) is 5.69 Å². The van der Waals surface area contributed by atoms with Gasteiger partial charge < -0.3 is 10.2 Å². The van der Waals surface area contributed by atoms with Gasteiger partial charge in [-0.05, 0) is 57.4 Å². The molecule has 1 aliphatic carbocycles. The fraction of sp³-hybridized carbons (Fsp3) is 0.789. The van der Waals surface area contributed by atoms with Crippen molar-refractivity contribution in [3.05, 3.63) is 17.5 Å². The average Bonchev–Trinajstić information content (AvgIpc) is 3.25. The summed E-state index contributed by atoms with van der Waals surface area (Å²) in [5, 5.41) is 7.68. The molecule has 0 radical (unpaired) electrons. The van der Waals surface area contributed by atoms with Gasteiger partial charge in [-0.2, -0.15) is 5.10 Å². The topological polar surface area (TPSA) is 50.2 Å². The molecule has 0 spiro atoms. The molecule has 1 saturated carbocycles. The molecule has 1 saturated heterocycles. The monoisotopic (exact) mass is 332 g/mol. The zero-order chi connectivity index (χ0) is 17.1. The van der Waals surface area contributed by atoms with Gasteiger partial charge in [0.1, 0.15) is 0 Å². The maximum absolute atomic E-state index is 12.6. The summed E-state index contributed by atoms with van der Waals surface area (Å²) in [6.07, 6.45) is 7.66. The van der Waals surface area contributed by atoms with E-state index >= 15 is 0 Å². The molecular formula is C19H32N4O. The number of nitrogens with zero attached hydrogens (tertiary/aromatic N) is 3. The minimum Gasteiger partial charge on any atom is -0.338 e. The van der Waals surface area contributed by atoms with E-state index in [1.807, 2.05) is 11.6 Å². The third kappa shape index (κ3) is 3.93. The summed E-state index contributed by atoms with van der Waals surface area (Å²) in [7, 11) is 0. The SMILES string of the molecule is Cc1cc(C)n(CC(C)CNC(=O)N2CCCC2C2CCCC2)n1. The molecule has 3 rings (SSSR count). The molecule has 134 valence electrons. The molecular weight excluding hydrogens is 300 g/mol. The average molecular weight is 332 g/mol. The molecule has 2 heterocycles. The molecule has 24 heavy (non-hydrogen) atoms. The smallest absolute Gasteiger partial charge is 0.317 e. The Morgan fingerprint density at radius 2 is 2.04 bits per heavy atom. The van der Waals surface area contributed by atoms with Crippen molar-refractivity contribution in [3.63, 3.8) is 0 Å². The molecule has 1 N–H and O–H groups in total. The molecule has 2 unspecified atom stereocenters. The molecule has 2 amide bonds. The van der Waals surface area contributed by atoms with Crippen molar-refractivity contribution < 1.29 is 4.79 Å². The summed E-state index contributed by atoms with van der Waals surface area (Å²) in [4.78, 5) is 14.7. The predicted molar refractivity (Wildman–Crippen MR) is 95.9 cm³/mol. The Bertz CT molecular complexity index is 562. The van der Waals surface area contributed by atoms with Crippen LogP contribution in [0.25, 0.3) is 0 Å². The minimum atomic E-state index is 0.143. The van der Waals surface area contributed by atoms with Gasteiger partial charge in [0, 0.05) is 31.4 Å². The second-order valence-electron chi connectivity index (χ2n) is 7.85. The largest absolute Gasteiger partial charge is 0.338 e. The van der Waals surface area contributed by atoms with Crippen LogP contribution in [0.3, 0.4) is 0 Å². The number of aryl methyl sites for hydroxylation is 2. The number of rotatable bonds is 5. The summed E-state index contributed by atoms with van der Waals surface area (Å²) in [5.74, 6) is 1.12. The van der Waals surface area contributed by atoms with Gasteiger partial charge >= 0.3 is 6.03 Å². The number of hydrogen-bond acceptors (Lipinski definition) is 2. The number of nitrogens with one attached hydrogen (secondary N) is 1. The Labute approximate surface area is 145 Å². The van der Waals surface area contributed by atoms with Gasteiger partial charge in [-0.25, -0.2) is 4.79 Å². The van der Waals surface area contributed by atoms with Crippen LogP contribution < -0.4 is 5.32 Å². The Morgan fingerprint density at radius 1 is 1.29 bits per heavy atom. The Hall–Kier alpha value is -1.52. The van der Waals surface area contributed by atoms with Gasteiger partial charge in [-0.1, -0.05) is 19.8 Å². The van der Waals surface area contributed by atoms with Crippen molar-refractivity contribution in [2.24, 2.45) is 11.8 Å². The molecule has 1 aromatic heterocycles. The highest BCUT2D eigenvalue weighted by atomic mass is 16.2. The number of likely N-dealkylation sites (tertiary alicyclic amines) is 1. The van der Waals surface area contributed by atoms with Crippen LogP contribution in [-0.4, -0.2) is 39.8 Å². The first kappa shape index (κ1) is 17.3.